The normalized spacial score (nSPS) is 11.2. The molecule has 3 aromatic rings. The van der Waals surface area contributed by atoms with E-state index in [9.17, 15) is 0 Å². The summed E-state index contributed by atoms with van der Waals surface area (Å²) < 4.78 is 7.14. The van der Waals surface area contributed by atoms with Crippen molar-refractivity contribution in [2.24, 2.45) is 0 Å². The van der Waals surface area contributed by atoms with Crippen LogP contribution in [-0.4, -0.2) is 35.7 Å². The van der Waals surface area contributed by atoms with Crippen LogP contribution in [0.3, 0.4) is 0 Å². The smallest absolute Gasteiger partial charge is 0.316 e. The van der Waals surface area contributed by atoms with Crippen LogP contribution in [-0.2, 0) is 0 Å². The Morgan fingerprint density at radius 2 is 2.05 bits per heavy atom. The number of hydrogen-bond acceptors (Lipinski definition) is 7. The highest BCUT2D eigenvalue weighted by Gasteiger charge is 2.15. The average Bonchev–Trinajstić information content (AvgIpc) is 2.83. The molecule has 0 saturated heterocycles. The molecule has 0 saturated carbocycles. The summed E-state index contributed by atoms with van der Waals surface area (Å²) in [5.41, 5.74) is 7.98. The maximum atomic E-state index is 5.89. The third kappa shape index (κ3) is 2.35. The lowest BCUT2D eigenvalue weighted by molar-refractivity contribution is 0.221. The van der Waals surface area contributed by atoms with Crippen molar-refractivity contribution < 1.29 is 4.74 Å². The maximum Gasteiger partial charge on any atom is 0.316 e. The van der Waals surface area contributed by atoms with Gasteiger partial charge in [0, 0.05) is 18.5 Å². The Kier molecular flexibility index (Phi) is 3.13. The van der Waals surface area contributed by atoms with Gasteiger partial charge in [-0.05, 0) is 20.8 Å². The molecule has 0 amide bonds. The zero-order chi connectivity index (χ0) is 15.0. The van der Waals surface area contributed by atoms with Crippen LogP contribution in [0.5, 0.6) is 6.01 Å². The van der Waals surface area contributed by atoms with E-state index in [1.807, 2.05) is 20.8 Å². The molecule has 0 aliphatic heterocycles. The molecule has 3 aromatic heterocycles. The molecule has 0 atom stereocenters. The van der Waals surface area contributed by atoms with E-state index in [0.717, 1.165) is 11.3 Å². The van der Waals surface area contributed by atoms with Crippen LogP contribution in [0.4, 0.5) is 5.95 Å². The molecule has 108 valence electrons. The van der Waals surface area contributed by atoms with Gasteiger partial charge in [0.2, 0.25) is 5.95 Å². The Balaban J connectivity index is 2.11. The van der Waals surface area contributed by atoms with E-state index in [1.54, 1.807) is 22.9 Å². The molecule has 2 N–H and O–H groups in total. The first-order chi connectivity index (χ1) is 10.1. The summed E-state index contributed by atoms with van der Waals surface area (Å²) >= 11 is 0. The Morgan fingerprint density at radius 3 is 2.76 bits per heavy atom. The molecule has 0 fully saturated rings. The van der Waals surface area contributed by atoms with Crippen LogP contribution in [0.1, 0.15) is 19.5 Å². The summed E-state index contributed by atoms with van der Waals surface area (Å²) in [7, 11) is 0. The lowest BCUT2D eigenvalue weighted by Crippen LogP contribution is -2.09. The van der Waals surface area contributed by atoms with Crippen molar-refractivity contribution in [3.63, 3.8) is 0 Å². The predicted octanol–water partition coefficient (Wildman–Crippen LogP) is 1.26. The number of ether oxygens (including phenoxy) is 1. The molecule has 21 heavy (non-hydrogen) atoms. The maximum absolute atomic E-state index is 5.89. The van der Waals surface area contributed by atoms with Crippen molar-refractivity contribution in [3.05, 3.63) is 24.2 Å². The zero-order valence-electron chi connectivity index (χ0n) is 12.0. The summed E-state index contributed by atoms with van der Waals surface area (Å²) in [5, 5.41) is 8.22. The van der Waals surface area contributed by atoms with Crippen LogP contribution < -0.4 is 10.5 Å². The second-order valence-electron chi connectivity index (χ2n) is 4.84. The molecule has 0 aromatic carbocycles. The van der Waals surface area contributed by atoms with E-state index < -0.39 is 0 Å². The van der Waals surface area contributed by atoms with E-state index in [4.69, 9.17) is 10.5 Å². The highest BCUT2D eigenvalue weighted by Crippen LogP contribution is 2.23. The van der Waals surface area contributed by atoms with Gasteiger partial charge in [-0.15, -0.1) is 10.2 Å². The van der Waals surface area contributed by atoms with Crippen LogP contribution >= 0.6 is 0 Å². The molecule has 0 radical (unpaired) electrons. The number of hydrogen-bond donors (Lipinski definition) is 1. The van der Waals surface area contributed by atoms with Gasteiger partial charge in [0.1, 0.15) is 0 Å². The van der Waals surface area contributed by atoms with Gasteiger partial charge in [-0.25, -0.2) is 14.4 Å². The standard InChI is InChI=1S/C13H15N7O/c1-7(2)21-13-16-6-9(8(3)17-13)11-19-18-10-4-5-15-12(14)20(10)11/h4-7H,1-3H3,(H2,14,15). The van der Waals surface area contributed by atoms with Gasteiger partial charge >= 0.3 is 6.01 Å². The number of anilines is 1. The van der Waals surface area contributed by atoms with Crippen LogP contribution in [0.2, 0.25) is 0 Å². The zero-order valence-corrected chi connectivity index (χ0v) is 12.0. The van der Waals surface area contributed by atoms with Crippen LogP contribution in [0.15, 0.2) is 18.5 Å². The number of aromatic nitrogens is 6. The van der Waals surface area contributed by atoms with Crippen molar-refractivity contribution in [2.45, 2.75) is 26.9 Å². The SMILES string of the molecule is Cc1nc(OC(C)C)ncc1-c1nnc2ccnc(N)n12. The van der Waals surface area contributed by atoms with Crippen molar-refractivity contribution >= 4 is 11.6 Å². The van der Waals surface area contributed by atoms with Gasteiger partial charge in [0.15, 0.2) is 11.5 Å². The molecular formula is C13H15N7O. The number of fused-ring (bicyclic) bond motifs is 1. The van der Waals surface area contributed by atoms with Gasteiger partial charge in [-0.1, -0.05) is 0 Å². The molecular weight excluding hydrogens is 270 g/mol. The number of nitrogens with zero attached hydrogens (tertiary/aromatic N) is 6. The number of rotatable bonds is 3. The minimum absolute atomic E-state index is 0.0176. The lowest BCUT2D eigenvalue weighted by Gasteiger charge is -2.09. The second kappa shape index (κ2) is 4.97. The highest BCUT2D eigenvalue weighted by molar-refractivity contribution is 5.62. The molecule has 8 heteroatoms. The van der Waals surface area contributed by atoms with Crippen LogP contribution in [0.25, 0.3) is 17.0 Å². The van der Waals surface area contributed by atoms with Crippen molar-refractivity contribution in [1.82, 2.24) is 29.5 Å². The fraction of sp³-hybridized carbons (Fsp3) is 0.308. The summed E-state index contributed by atoms with van der Waals surface area (Å²) in [6, 6.07) is 2.07. The molecule has 3 heterocycles. The van der Waals surface area contributed by atoms with Crippen molar-refractivity contribution in [3.8, 4) is 17.4 Å². The molecule has 3 rings (SSSR count). The first-order valence-electron chi connectivity index (χ1n) is 6.52. The quantitative estimate of drug-likeness (QED) is 0.772. The summed E-state index contributed by atoms with van der Waals surface area (Å²) in [5.74, 6) is 0.874. The first-order valence-corrected chi connectivity index (χ1v) is 6.52. The van der Waals surface area contributed by atoms with Crippen molar-refractivity contribution in [1.29, 1.82) is 0 Å². The van der Waals surface area contributed by atoms with Gasteiger partial charge in [-0.3, -0.25) is 0 Å². The average molecular weight is 285 g/mol. The molecule has 0 spiro atoms. The monoisotopic (exact) mass is 285 g/mol. The van der Waals surface area contributed by atoms with E-state index >= 15 is 0 Å². The largest absolute Gasteiger partial charge is 0.461 e. The number of nitrogens with two attached hydrogens (primary N) is 1. The molecule has 0 aliphatic carbocycles. The Hall–Kier alpha value is -2.77. The van der Waals surface area contributed by atoms with Gasteiger partial charge in [0.25, 0.3) is 0 Å². The molecule has 0 bridgehead atoms. The third-order valence-electron chi connectivity index (χ3n) is 2.89. The molecule has 0 aliphatic rings. The van der Waals surface area contributed by atoms with E-state index in [0.29, 0.717) is 23.4 Å². The number of nitrogen functional groups attached to an aromatic ring is 1. The third-order valence-corrected chi connectivity index (χ3v) is 2.89. The molecule has 0 unspecified atom stereocenters. The van der Waals surface area contributed by atoms with Crippen molar-refractivity contribution in [2.75, 3.05) is 5.73 Å². The lowest BCUT2D eigenvalue weighted by atomic mass is 10.2. The summed E-state index contributed by atoms with van der Waals surface area (Å²) in [6.07, 6.45) is 3.26. The van der Waals surface area contributed by atoms with Gasteiger partial charge in [-0.2, -0.15) is 4.98 Å². The van der Waals surface area contributed by atoms with E-state index in [1.165, 1.54) is 0 Å². The fourth-order valence-corrected chi connectivity index (χ4v) is 1.98. The number of aryl methyl sites for hydroxylation is 1. The van der Waals surface area contributed by atoms with Gasteiger partial charge < -0.3 is 10.5 Å². The van der Waals surface area contributed by atoms with E-state index in [-0.39, 0.29) is 6.10 Å². The Labute approximate surface area is 121 Å². The Morgan fingerprint density at radius 1 is 1.24 bits per heavy atom. The van der Waals surface area contributed by atoms with Crippen LogP contribution in [0, 0.1) is 6.92 Å². The summed E-state index contributed by atoms with van der Waals surface area (Å²) in [4.78, 5) is 12.6. The second-order valence-corrected chi connectivity index (χ2v) is 4.84. The topological polar surface area (TPSA) is 104 Å². The minimum atomic E-state index is 0.0176. The van der Waals surface area contributed by atoms with E-state index in [2.05, 4.69) is 25.1 Å². The predicted molar refractivity (Wildman–Crippen MR) is 76.7 cm³/mol. The first kappa shape index (κ1) is 13.2. The van der Waals surface area contributed by atoms with Gasteiger partial charge in [0.05, 0.1) is 17.4 Å². The Bertz CT molecular complexity index is 796. The fourth-order valence-electron chi connectivity index (χ4n) is 1.98. The summed E-state index contributed by atoms with van der Waals surface area (Å²) in [6.45, 7) is 5.70. The highest BCUT2D eigenvalue weighted by atomic mass is 16.5. The molecule has 8 nitrogen and oxygen atoms in total. The minimum Gasteiger partial charge on any atom is -0.461 e.